The lowest BCUT2D eigenvalue weighted by Crippen LogP contribution is -2.48. The zero-order chi connectivity index (χ0) is 18.2. The van der Waals surface area contributed by atoms with Gasteiger partial charge in [0.05, 0.1) is 0 Å². The van der Waals surface area contributed by atoms with Crippen molar-refractivity contribution in [1.29, 1.82) is 0 Å². The molecule has 0 atom stereocenters. The fraction of sp³-hybridized carbons (Fsp3) is 0.300. The average molecular weight is 372 g/mol. The van der Waals surface area contributed by atoms with Crippen LogP contribution in [0.15, 0.2) is 66.1 Å². The lowest BCUT2D eigenvalue weighted by atomic mass is 10.2. The quantitative estimate of drug-likeness (QED) is 0.750. The van der Waals surface area contributed by atoms with E-state index >= 15 is 0 Å². The van der Waals surface area contributed by atoms with Crippen LogP contribution in [-0.2, 0) is 10.0 Å². The molecule has 26 heavy (non-hydrogen) atoms. The highest BCUT2D eigenvalue weighted by atomic mass is 32.2. The number of rotatable bonds is 7. The fourth-order valence-corrected chi connectivity index (χ4v) is 4.01. The standard InChI is InChI=1S/C20H24N2O3S/c23-26(24,18-11-19-7-3-1-4-8-19)22-14-12-21(13-15-22)16-17-25-20-9-5-2-6-10-20/h1-11,18H,12-17H2/b18-11+. The molecule has 5 nitrogen and oxygen atoms in total. The molecule has 138 valence electrons. The fourth-order valence-electron chi connectivity index (χ4n) is 2.83. The third-order valence-electron chi connectivity index (χ3n) is 4.34. The predicted molar refractivity (Wildman–Crippen MR) is 104 cm³/mol. The van der Waals surface area contributed by atoms with Gasteiger partial charge in [-0.1, -0.05) is 48.5 Å². The molecule has 0 aromatic heterocycles. The summed E-state index contributed by atoms with van der Waals surface area (Å²) >= 11 is 0. The zero-order valence-electron chi connectivity index (χ0n) is 14.7. The number of benzene rings is 2. The molecule has 2 aromatic rings. The summed E-state index contributed by atoms with van der Waals surface area (Å²) in [5.41, 5.74) is 0.882. The maximum atomic E-state index is 12.5. The van der Waals surface area contributed by atoms with Crippen LogP contribution in [0.2, 0.25) is 0 Å². The van der Waals surface area contributed by atoms with Gasteiger partial charge in [0.15, 0.2) is 0 Å². The molecule has 3 rings (SSSR count). The first-order chi connectivity index (χ1) is 12.6. The molecular formula is C20H24N2O3S. The van der Waals surface area contributed by atoms with Gasteiger partial charge in [-0.3, -0.25) is 4.90 Å². The average Bonchev–Trinajstić information content (AvgIpc) is 2.69. The van der Waals surface area contributed by atoms with Crippen LogP contribution in [0.4, 0.5) is 0 Å². The van der Waals surface area contributed by atoms with Gasteiger partial charge in [-0.2, -0.15) is 4.31 Å². The van der Waals surface area contributed by atoms with Crippen LogP contribution in [-0.4, -0.2) is 57.0 Å². The van der Waals surface area contributed by atoms with Gasteiger partial charge in [-0.05, 0) is 23.8 Å². The van der Waals surface area contributed by atoms with E-state index in [1.165, 1.54) is 5.41 Å². The van der Waals surface area contributed by atoms with E-state index < -0.39 is 10.0 Å². The molecule has 1 heterocycles. The maximum absolute atomic E-state index is 12.5. The van der Waals surface area contributed by atoms with Gasteiger partial charge in [-0.25, -0.2) is 8.42 Å². The van der Waals surface area contributed by atoms with Gasteiger partial charge in [0, 0.05) is 38.1 Å². The summed E-state index contributed by atoms with van der Waals surface area (Å²) in [6, 6.07) is 19.2. The third kappa shape index (κ3) is 5.42. The van der Waals surface area contributed by atoms with Crippen LogP contribution in [0.25, 0.3) is 6.08 Å². The summed E-state index contributed by atoms with van der Waals surface area (Å²) < 4.78 is 32.2. The van der Waals surface area contributed by atoms with Crippen molar-refractivity contribution < 1.29 is 13.2 Å². The molecule has 0 saturated carbocycles. The largest absolute Gasteiger partial charge is 0.492 e. The highest BCUT2D eigenvalue weighted by Crippen LogP contribution is 2.12. The molecule has 0 radical (unpaired) electrons. The molecular weight excluding hydrogens is 348 g/mol. The van der Waals surface area contributed by atoms with Gasteiger partial charge < -0.3 is 4.74 Å². The third-order valence-corrected chi connectivity index (χ3v) is 5.91. The Balaban J connectivity index is 1.44. The highest BCUT2D eigenvalue weighted by Gasteiger charge is 2.24. The van der Waals surface area contributed by atoms with Crippen LogP contribution in [0.1, 0.15) is 5.56 Å². The van der Waals surface area contributed by atoms with Crippen molar-refractivity contribution in [3.05, 3.63) is 71.6 Å². The van der Waals surface area contributed by atoms with Crippen LogP contribution >= 0.6 is 0 Å². The molecule has 6 heteroatoms. The molecule has 2 aromatic carbocycles. The second-order valence-corrected chi connectivity index (χ2v) is 7.98. The van der Waals surface area contributed by atoms with E-state index in [4.69, 9.17) is 4.74 Å². The van der Waals surface area contributed by atoms with Crippen LogP contribution in [0, 0.1) is 0 Å². The van der Waals surface area contributed by atoms with Crippen molar-refractivity contribution in [1.82, 2.24) is 9.21 Å². The molecule has 0 spiro atoms. The summed E-state index contributed by atoms with van der Waals surface area (Å²) in [6.07, 6.45) is 1.65. The number of para-hydroxylation sites is 1. The minimum atomic E-state index is -3.37. The Morgan fingerprint density at radius 1 is 0.885 bits per heavy atom. The Morgan fingerprint density at radius 3 is 2.15 bits per heavy atom. The van der Waals surface area contributed by atoms with E-state index in [1.807, 2.05) is 60.7 Å². The molecule has 1 fully saturated rings. The first-order valence-electron chi connectivity index (χ1n) is 8.77. The SMILES string of the molecule is O=S(=O)(/C=C/c1ccccc1)N1CCN(CCOc2ccccc2)CC1. The van der Waals surface area contributed by atoms with Gasteiger partial charge in [0.25, 0.3) is 0 Å². The molecule has 0 N–H and O–H groups in total. The first kappa shape index (κ1) is 18.6. The Bertz CT molecular complexity index is 799. The van der Waals surface area contributed by atoms with E-state index in [1.54, 1.807) is 10.4 Å². The van der Waals surface area contributed by atoms with E-state index in [2.05, 4.69) is 4.90 Å². The Morgan fingerprint density at radius 2 is 1.50 bits per heavy atom. The van der Waals surface area contributed by atoms with Crippen LogP contribution in [0.5, 0.6) is 5.75 Å². The topological polar surface area (TPSA) is 49.9 Å². The summed E-state index contributed by atoms with van der Waals surface area (Å²) in [4.78, 5) is 2.23. The van der Waals surface area contributed by atoms with Crippen molar-refractivity contribution in [3.63, 3.8) is 0 Å². The van der Waals surface area contributed by atoms with Gasteiger partial charge in [0.1, 0.15) is 12.4 Å². The number of hydrogen-bond acceptors (Lipinski definition) is 4. The van der Waals surface area contributed by atoms with Crippen molar-refractivity contribution in [2.24, 2.45) is 0 Å². The zero-order valence-corrected chi connectivity index (χ0v) is 15.5. The molecule has 0 aliphatic carbocycles. The summed E-state index contributed by atoms with van der Waals surface area (Å²) in [6.45, 7) is 3.85. The monoisotopic (exact) mass is 372 g/mol. The highest BCUT2D eigenvalue weighted by molar-refractivity contribution is 7.92. The van der Waals surface area contributed by atoms with Gasteiger partial charge >= 0.3 is 0 Å². The number of hydrogen-bond donors (Lipinski definition) is 0. The minimum absolute atomic E-state index is 0.507. The van der Waals surface area contributed by atoms with Crippen molar-refractivity contribution in [3.8, 4) is 5.75 Å². The van der Waals surface area contributed by atoms with Gasteiger partial charge in [0.2, 0.25) is 10.0 Å². The summed E-state index contributed by atoms with van der Waals surface area (Å²) in [5.74, 6) is 0.861. The second-order valence-electron chi connectivity index (χ2n) is 6.16. The van der Waals surface area contributed by atoms with Crippen molar-refractivity contribution in [2.45, 2.75) is 0 Å². The molecule has 1 aliphatic heterocycles. The van der Waals surface area contributed by atoms with Crippen molar-refractivity contribution in [2.75, 3.05) is 39.3 Å². The number of piperazine rings is 1. The lowest BCUT2D eigenvalue weighted by molar-refractivity contribution is 0.159. The van der Waals surface area contributed by atoms with E-state index in [0.717, 1.165) is 30.9 Å². The number of ether oxygens (including phenoxy) is 1. The van der Waals surface area contributed by atoms with E-state index in [9.17, 15) is 8.42 Å². The number of nitrogens with zero attached hydrogens (tertiary/aromatic N) is 2. The van der Waals surface area contributed by atoms with Crippen LogP contribution < -0.4 is 4.74 Å². The Hall–Kier alpha value is -2.15. The minimum Gasteiger partial charge on any atom is -0.492 e. The summed E-state index contributed by atoms with van der Waals surface area (Å²) in [7, 11) is -3.37. The first-order valence-corrected chi connectivity index (χ1v) is 10.3. The molecule has 1 aliphatic rings. The lowest BCUT2D eigenvalue weighted by Gasteiger charge is -2.33. The van der Waals surface area contributed by atoms with Crippen LogP contribution in [0.3, 0.4) is 0 Å². The Labute approximate surface area is 155 Å². The number of sulfonamides is 1. The van der Waals surface area contributed by atoms with Crippen molar-refractivity contribution >= 4 is 16.1 Å². The molecule has 0 bridgehead atoms. The smallest absolute Gasteiger partial charge is 0.236 e. The Kier molecular flexibility index (Phi) is 6.44. The van der Waals surface area contributed by atoms with E-state index in [-0.39, 0.29) is 0 Å². The summed E-state index contributed by atoms with van der Waals surface area (Å²) in [5, 5.41) is 1.30. The molecule has 1 saturated heterocycles. The second kappa shape index (κ2) is 8.98. The predicted octanol–water partition coefficient (Wildman–Crippen LogP) is 2.68. The molecule has 0 amide bonds. The normalized spacial score (nSPS) is 16.8. The molecule has 0 unspecified atom stereocenters. The van der Waals surface area contributed by atoms with E-state index in [0.29, 0.717) is 19.7 Å². The van der Waals surface area contributed by atoms with Gasteiger partial charge in [-0.15, -0.1) is 0 Å². The maximum Gasteiger partial charge on any atom is 0.236 e.